The third-order valence-electron chi connectivity index (χ3n) is 2.67. The monoisotopic (exact) mass is 354 g/mol. The molecule has 0 saturated carbocycles. The van der Waals surface area contributed by atoms with E-state index in [4.69, 9.17) is 14.2 Å². The molecule has 0 fully saturated rings. The van der Waals surface area contributed by atoms with Crippen LogP contribution in [0.1, 0.15) is 5.56 Å². The molecule has 0 bridgehead atoms. The summed E-state index contributed by atoms with van der Waals surface area (Å²) < 4.78 is 15.0. The Hall–Kier alpha value is -3.14. The summed E-state index contributed by atoms with van der Waals surface area (Å²) in [6.07, 6.45) is 2.60. The van der Waals surface area contributed by atoms with Crippen molar-refractivity contribution in [1.29, 1.82) is 0 Å². The molecule has 1 rings (SSSR count). The van der Waals surface area contributed by atoms with E-state index in [1.807, 2.05) is 0 Å². The molecule has 1 aromatic rings. The van der Waals surface area contributed by atoms with Crippen molar-refractivity contribution < 1.29 is 33.7 Å². The maximum absolute atomic E-state index is 11.5. The highest BCUT2D eigenvalue weighted by atomic mass is 17.0. The van der Waals surface area contributed by atoms with Gasteiger partial charge in [-0.2, -0.15) is 0 Å². The van der Waals surface area contributed by atoms with Crippen molar-refractivity contribution in [2.45, 2.75) is 0 Å². The molecular formula is C15H18N2O8. The van der Waals surface area contributed by atoms with Gasteiger partial charge in [-0.1, -0.05) is 6.07 Å². The van der Waals surface area contributed by atoms with Crippen LogP contribution < -0.4 is 14.8 Å². The molecule has 0 radical (unpaired) electrons. The maximum Gasteiger partial charge on any atom is 0.330 e. The van der Waals surface area contributed by atoms with E-state index in [-0.39, 0.29) is 25.5 Å². The number of nitrogens with zero attached hydrogens (tertiary/aromatic N) is 1. The van der Waals surface area contributed by atoms with Crippen LogP contribution in [0.3, 0.4) is 0 Å². The van der Waals surface area contributed by atoms with Crippen LogP contribution in [0.5, 0.6) is 11.5 Å². The van der Waals surface area contributed by atoms with Crippen LogP contribution in [-0.2, 0) is 19.2 Å². The summed E-state index contributed by atoms with van der Waals surface area (Å²) in [5.74, 6) is -0.584. The Morgan fingerprint density at radius 1 is 1.28 bits per heavy atom. The smallest absolute Gasteiger partial charge is 0.330 e. The topological polar surface area (TPSA) is 126 Å². The van der Waals surface area contributed by atoms with Gasteiger partial charge in [0.1, 0.15) is 13.2 Å². The van der Waals surface area contributed by atoms with Crippen LogP contribution >= 0.6 is 0 Å². The number of hydrogen-bond acceptors (Lipinski definition) is 9. The Kier molecular flexibility index (Phi) is 8.44. The van der Waals surface area contributed by atoms with E-state index in [9.17, 15) is 19.7 Å². The molecule has 10 nitrogen and oxygen atoms in total. The van der Waals surface area contributed by atoms with Crippen LogP contribution in [0, 0.1) is 10.1 Å². The lowest BCUT2D eigenvalue weighted by atomic mass is 10.2. The number of ether oxygens (including phenoxy) is 3. The zero-order chi connectivity index (χ0) is 18.7. The number of carbonyl (C=O) groups is 2. The number of methoxy groups -OCH3 is 1. The fourth-order valence-corrected chi connectivity index (χ4v) is 1.64. The van der Waals surface area contributed by atoms with E-state index >= 15 is 0 Å². The maximum atomic E-state index is 11.5. The second-order valence-electron chi connectivity index (χ2n) is 4.47. The molecule has 0 aliphatic rings. The van der Waals surface area contributed by atoms with E-state index < -0.39 is 17.0 Å². The number of carbonyl (C=O) groups excluding carboxylic acids is 2. The average molecular weight is 354 g/mol. The van der Waals surface area contributed by atoms with Gasteiger partial charge in [-0.25, -0.2) is 4.79 Å². The molecule has 136 valence electrons. The van der Waals surface area contributed by atoms with Crippen molar-refractivity contribution in [3.05, 3.63) is 40.0 Å². The summed E-state index contributed by atoms with van der Waals surface area (Å²) in [4.78, 5) is 36.9. The first-order chi connectivity index (χ1) is 12.0. The molecule has 25 heavy (non-hydrogen) atoms. The van der Waals surface area contributed by atoms with Crippen LogP contribution in [-0.4, -0.2) is 50.9 Å². The Bertz CT molecular complexity index is 644. The first-order valence-corrected chi connectivity index (χ1v) is 7.11. The summed E-state index contributed by atoms with van der Waals surface area (Å²) in [6.45, 7) is -0.530. The molecule has 0 saturated heterocycles. The fraction of sp³-hybridized carbons (Fsp3) is 0.333. The summed E-state index contributed by atoms with van der Waals surface area (Å²) in [5, 5.41) is 11.6. The Morgan fingerprint density at radius 3 is 2.68 bits per heavy atom. The number of likely N-dealkylation sites (N-methyl/N-ethyl adjacent to an activating group) is 1. The average Bonchev–Trinajstić information content (AvgIpc) is 2.57. The number of nitrogens with one attached hydrogen (secondary N) is 1. The summed E-state index contributed by atoms with van der Waals surface area (Å²) in [7, 11) is 3.04. The molecule has 1 aromatic carbocycles. The molecule has 0 aliphatic heterocycles. The van der Waals surface area contributed by atoms with Crippen molar-refractivity contribution in [1.82, 2.24) is 5.32 Å². The Labute approximate surface area is 143 Å². The lowest BCUT2D eigenvalue weighted by molar-refractivity contribution is -0.757. The van der Waals surface area contributed by atoms with Gasteiger partial charge in [0.2, 0.25) is 0 Å². The minimum absolute atomic E-state index is 0.0524. The lowest BCUT2D eigenvalue weighted by Gasteiger charge is -2.09. The quantitative estimate of drug-likeness (QED) is 0.160. The zero-order valence-electron chi connectivity index (χ0n) is 13.7. The second kappa shape index (κ2) is 10.6. The van der Waals surface area contributed by atoms with Crippen molar-refractivity contribution >= 4 is 18.0 Å². The van der Waals surface area contributed by atoms with E-state index in [1.165, 1.54) is 19.3 Å². The van der Waals surface area contributed by atoms with Gasteiger partial charge >= 0.3 is 11.9 Å². The van der Waals surface area contributed by atoms with E-state index in [0.717, 1.165) is 6.08 Å². The zero-order valence-corrected chi connectivity index (χ0v) is 13.7. The fourth-order valence-electron chi connectivity index (χ4n) is 1.64. The van der Waals surface area contributed by atoms with Crippen LogP contribution in [0.2, 0.25) is 0 Å². The minimum atomic E-state index is -0.971. The van der Waals surface area contributed by atoms with E-state index in [2.05, 4.69) is 10.2 Å². The molecule has 10 heteroatoms. The molecule has 0 unspecified atom stereocenters. The van der Waals surface area contributed by atoms with Gasteiger partial charge in [0, 0.05) is 6.08 Å². The summed E-state index contributed by atoms with van der Waals surface area (Å²) in [5.41, 5.74) is 0.601. The summed E-state index contributed by atoms with van der Waals surface area (Å²) >= 11 is 0. The lowest BCUT2D eigenvalue weighted by Crippen LogP contribution is -2.23. The Morgan fingerprint density at radius 2 is 2.04 bits per heavy atom. The first-order valence-electron chi connectivity index (χ1n) is 7.11. The summed E-state index contributed by atoms with van der Waals surface area (Å²) in [6, 6.07) is 4.72. The van der Waals surface area contributed by atoms with Crippen molar-refractivity contribution in [2.75, 3.05) is 33.9 Å². The minimum Gasteiger partial charge on any atom is -0.493 e. The Balaban J connectivity index is 2.62. The van der Waals surface area contributed by atoms with Crippen LogP contribution in [0.15, 0.2) is 24.3 Å². The highest BCUT2D eigenvalue weighted by Crippen LogP contribution is 2.28. The van der Waals surface area contributed by atoms with E-state index in [1.54, 1.807) is 19.2 Å². The number of rotatable bonds is 10. The van der Waals surface area contributed by atoms with Gasteiger partial charge in [-0.05, 0) is 30.8 Å². The predicted octanol–water partition coefficient (Wildman–Crippen LogP) is 0.585. The highest BCUT2D eigenvalue weighted by molar-refractivity contribution is 5.87. The van der Waals surface area contributed by atoms with Gasteiger partial charge in [-0.15, -0.1) is 10.1 Å². The van der Waals surface area contributed by atoms with Crippen LogP contribution in [0.25, 0.3) is 6.08 Å². The standard InChI is InChI=1S/C15H18N2O8/c1-16-10-15(19)25-12-5-3-11(9-13(12)22-2)4-6-14(18)23-7-8-24-17(20)21/h3-6,9,16H,7-8,10H2,1-2H3/b6-4+. The number of benzene rings is 1. The van der Waals surface area contributed by atoms with Gasteiger partial charge in [-0.3, -0.25) is 4.79 Å². The normalized spacial score (nSPS) is 10.3. The van der Waals surface area contributed by atoms with Crippen molar-refractivity contribution in [3.63, 3.8) is 0 Å². The SMILES string of the molecule is CNCC(=O)Oc1ccc(/C=C/C(=O)OCCO[N+](=O)[O-])cc1OC. The molecular weight excluding hydrogens is 336 g/mol. The third kappa shape index (κ3) is 7.79. The molecule has 0 aromatic heterocycles. The van der Waals surface area contributed by atoms with Crippen LogP contribution in [0.4, 0.5) is 0 Å². The largest absolute Gasteiger partial charge is 0.493 e. The third-order valence-corrected chi connectivity index (χ3v) is 2.67. The molecule has 0 atom stereocenters. The van der Waals surface area contributed by atoms with Gasteiger partial charge in [0.25, 0.3) is 5.09 Å². The first kappa shape index (κ1) is 19.9. The highest BCUT2D eigenvalue weighted by Gasteiger charge is 2.10. The molecule has 1 N–H and O–H groups in total. The molecule has 0 spiro atoms. The molecule has 0 heterocycles. The van der Waals surface area contributed by atoms with E-state index in [0.29, 0.717) is 11.3 Å². The van der Waals surface area contributed by atoms with Crippen molar-refractivity contribution in [2.24, 2.45) is 0 Å². The predicted molar refractivity (Wildman–Crippen MR) is 85.5 cm³/mol. The van der Waals surface area contributed by atoms with Gasteiger partial charge in [0.15, 0.2) is 11.5 Å². The van der Waals surface area contributed by atoms with Gasteiger partial charge in [0.05, 0.1) is 13.7 Å². The molecule has 0 amide bonds. The number of hydrogen-bond donors (Lipinski definition) is 1. The van der Waals surface area contributed by atoms with Crippen molar-refractivity contribution in [3.8, 4) is 11.5 Å². The number of esters is 2. The molecule has 0 aliphatic carbocycles. The second-order valence-corrected chi connectivity index (χ2v) is 4.47. The van der Waals surface area contributed by atoms with Gasteiger partial charge < -0.3 is 24.4 Å².